The number of nitrogens with one attached hydrogen (secondary N) is 1. The van der Waals surface area contributed by atoms with E-state index in [1.54, 1.807) is 0 Å². The third kappa shape index (κ3) is 69.3. The predicted octanol–water partition coefficient (Wildman–Crippen LogP) is 24.9. The summed E-state index contributed by atoms with van der Waals surface area (Å²) >= 11 is 0. The van der Waals surface area contributed by atoms with Gasteiger partial charge in [0, 0.05) is 12.8 Å². The Labute approximate surface area is 520 Å². The van der Waals surface area contributed by atoms with Crippen LogP contribution in [0.4, 0.5) is 0 Å². The molecule has 0 spiro atoms. The minimum atomic E-state index is -0.665. The van der Waals surface area contributed by atoms with Gasteiger partial charge in [0.1, 0.15) is 0 Å². The van der Waals surface area contributed by atoms with E-state index in [9.17, 15) is 19.8 Å². The molecule has 0 aromatic carbocycles. The van der Waals surface area contributed by atoms with Gasteiger partial charge in [-0.15, -0.1) is 0 Å². The van der Waals surface area contributed by atoms with Crippen LogP contribution in [0.25, 0.3) is 0 Å². The zero-order valence-corrected chi connectivity index (χ0v) is 56.5. The summed E-state index contributed by atoms with van der Waals surface area (Å²) in [4.78, 5) is 24.7. The Hall–Kier alpha value is -1.66. The zero-order chi connectivity index (χ0) is 59.9. The lowest BCUT2D eigenvalue weighted by molar-refractivity contribution is -0.143. The Morgan fingerprint density at radius 2 is 0.602 bits per heavy atom. The van der Waals surface area contributed by atoms with Crippen molar-refractivity contribution in [1.29, 1.82) is 0 Å². The van der Waals surface area contributed by atoms with Gasteiger partial charge in [-0.2, -0.15) is 0 Å². The molecule has 0 bridgehead atoms. The first-order valence-corrected chi connectivity index (χ1v) is 38.1. The molecule has 83 heavy (non-hydrogen) atoms. The molecular formula is C77H149NO5. The van der Waals surface area contributed by atoms with Crippen LogP contribution < -0.4 is 5.32 Å². The lowest BCUT2D eigenvalue weighted by Gasteiger charge is -2.22. The van der Waals surface area contributed by atoms with Crippen molar-refractivity contribution in [1.82, 2.24) is 5.32 Å². The van der Waals surface area contributed by atoms with Crippen molar-refractivity contribution >= 4 is 11.9 Å². The topological polar surface area (TPSA) is 95.9 Å². The summed E-state index contributed by atoms with van der Waals surface area (Å²) in [5.41, 5.74) is 0. The summed E-state index contributed by atoms with van der Waals surface area (Å²) in [7, 11) is 0. The Morgan fingerprint density at radius 1 is 0.337 bits per heavy atom. The Morgan fingerprint density at radius 3 is 0.940 bits per heavy atom. The SMILES string of the molecule is CCCCC/C=C\C/C=C\CCCCCCCCCCCC(=O)OCCCCCCCCCCCCCCCCCCCCCCCCCCC(=O)NC(CO)C(O)CCCCCCCCCCCCCCCCCCCCCCCCC. The van der Waals surface area contributed by atoms with Crippen LogP contribution in [-0.2, 0) is 14.3 Å². The minimum Gasteiger partial charge on any atom is -0.466 e. The normalized spacial score (nSPS) is 12.6. The first kappa shape index (κ1) is 81.3. The minimum absolute atomic E-state index is 0.0129. The highest BCUT2D eigenvalue weighted by molar-refractivity contribution is 5.76. The second-order valence-corrected chi connectivity index (χ2v) is 26.3. The van der Waals surface area contributed by atoms with Crippen LogP contribution in [0.3, 0.4) is 0 Å². The molecule has 0 aliphatic rings. The fraction of sp³-hybridized carbons (Fsp3) is 0.922. The van der Waals surface area contributed by atoms with Gasteiger partial charge in [-0.1, -0.05) is 385 Å². The number of unbranched alkanes of at least 4 members (excludes halogenated alkanes) is 57. The van der Waals surface area contributed by atoms with Crippen LogP contribution in [0.2, 0.25) is 0 Å². The molecule has 0 heterocycles. The summed E-state index contributed by atoms with van der Waals surface area (Å²) in [5, 5.41) is 23.5. The van der Waals surface area contributed by atoms with E-state index in [4.69, 9.17) is 4.74 Å². The molecule has 0 aliphatic heterocycles. The van der Waals surface area contributed by atoms with E-state index in [2.05, 4.69) is 43.5 Å². The molecule has 0 aliphatic carbocycles. The van der Waals surface area contributed by atoms with Gasteiger partial charge < -0.3 is 20.3 Å². The number of hydrogen-bond acceptors (Lipinski definition) is 5. The van der Waals surface area contributed by atoms with Gasteiger partial charge in [0.25, 0.3) is 0 Å². The highest BCUT2D eigenvalue weighted by atomic mass is 16.5. The Bertz CT molecular complexity index is 1300. The van der Waals surface area contributed by atoms with E-state index in [1.807, 2.05) is 0 Å². The van der Waals surface area contributed by atoms with Gasteiger partial charge >= 0.3 is 5.97 Å². The van der Waals surface area contributed by atoms with Crippen LogP contribution in [0.1, 0.15) is 431 Å². The van der Waals surface area contributed by atoms with E-state index >= 15 is 0 Å². The Kier molecular flexibility index (Phi) is 71.4. The zero-order valence-electron chi connectivity index (χ0n) is 56.5. The summed E-state index contributed by atoms with van der Waals surface area (Å²) in [6.45, 7) is 4.98. The molecule has 0 aromatic heterocycles. The molecule has 0 saturated carbocycles. The largest absolute Gasteiger partial charge is 0.466 e. The standard InChI is InChI=1S/C77H149NO5/c1-3-5-7-9-11-13-15-17-19-21-23-24-27-30-34-37-41-45-49-53-57-61-65-69-75(80)74(73-79)78-76(81)70-66-62-58-54-50-46-42-38-35-31-28-25-26-29-32-36-40-44-48-52-56-60-64-68-72-83-77(82)71-67-63-59-55-51-47-43-39-33-22-20-18-16-14-12-10-8-6-4-2/h12,14,18,20,74-75,79-80H,3-11,13,15-17,19,21-73H2,1-2H3,(H,78,81)/b14-12-,20-18-. The molecule has 6 heteroatoms. The van der Waals surface area contributed by atoms with Crippen LogP contribution >= 0.6 is 0 Å². The van der Waals surface area contributed by atoms with E-state index < -0.39 is 12.1 Å². The average molecular weight is 1170 g/mol. The summed E-state index contributed by atoms with van der Waals surface area (Å²) < 4.78 is 5.51. The maximum atomic E-state index is 12.6. The highest BCUT2D eigenvalue weighted by Crippen LogP contribution is 2.20. The molecule has 3 N–H and O–H groups in total. The summed E-state index contributed by atoms with van der Waals surface area (Å²) in [5.74, 6) is -0.0156. The van der Waals surface area contributed by atoms with Crippen molar-refractivity contribution in [2.45, 2.75) is 443 Å². The number of ether oxygens (including phenoxy) is 1. The monoisotopic (exact) mass is 1170 g/mol. The highest BCUT2D eigenvalue weighted by Gasteiger charge is 2.20. The van der Waals surface area contributed by atoms with Crippen LogP contribution in [0.15, 0.2) is 24.3 Å². The van der Waals surface area contributed by atoms with Crippen molar-refractivity contribution in [3.8, 4) is 0 Å². The van der Waals surface area contributed by atoms with Crippen molar-refractivity contribution < 1.29 is 24.5 Å². The van der Waals surface area contributed by atoms with Gasteiger partial charge in [0.2, 0.25) is 5.91 Å². The van der Waals surface area contributed by atoms with Crippen molar-refractivity contribution in [3.63, 3.8) is 0 Å². The van der Waals surface area contributed by atoms with Crippen LogP contribution in [0, 0.1) is 0 Å². The molecule has 0 saturated heterocycles. The smallest absolute Gasteiger partial charge is 0.305 e. The van der Waals surface area contributed by atoms with Crippen LogP contribution in [0.5, 0.6) is 0 Å². The second kappa shape index (κ2) is 72.8. The van der Waals surface area contributed by atoms with Gasteiger partial charge in [0.15, 0.2) is 0 Å². The maximum absolute atomic E-state index is 12.6. The third-order valence-corrected chi connectivity index (χ3v) is 18.0. The molecule has 0 aromatic rings. The lowest BCUT2D eigenvalue weighted by atomic mass is 10.0. The van der Waals surface area contributed by atoms with Gasteiger partial charge in [-0.3, -0.25) is 9.59 Å². The van der Waals surface area contributed by atoms with Crippen molar-refractivity contribution in [2.24, 2.45) is 0 Å². The molecule has 0 rings (SSSR count). The predicted molar refractivity (Wildman–Crippen MR) is 366 cm³/mol. The Balaban J connectivity index is 3.36. The number of amides is 1. The number of allylic oxidation sites excluding steroid dienone is 4. The van der Waals surface area contributed by atoms with Crippen molar-refractivity contribution in [3.05, 3.63) is 24.3 Å². The second-order valence-electron chi connectivity index (χ2n) is 26.3. The maximum Gasteiger partial charge on any atom is 0.305 e. The molecule has 6 nitrogen and oxygen atoms in total. The summed E-state index contributed by atoms with van der Waals surface area (Å²) in [6.07, 6.45) is 92.4. The van der Waals surface area contributed by atoms with Crippen LogP contribution in [-0.4, -0.2) is 47.4 Å². The fourth-order valence-electron chi connectivity index (χ4n) is 12.2. The van der Waals surface area contributed by atoms with Gasteiger partial charge in [-0.05, 0) is 57.8 Å². The van der Waals surface area contributed by atoms with E-state index in [-0.39, 0.29) is 18.5 Å². The van der Waals surface area contributed by atoms with Gasteiger partial charge in [-0.25, -0.2) is 0 Å². The van der Waals surface area contributed by atoms with Gasteiger partial charge in [0.05, 0.1) is 25.4 Å². The number of aliphatic hydroxyl groups is 2. The molecular weight excluding hydrogens is 1020 g/mol. The summed E-state index contributed by atoms with van der Waals surface area (Å²) in [6, 6.07) is -0.542. The molecule has 1 amide bonds. The third-order valence-electron chi connectivity index (χ3n) is 18.0. The van der Waals surface area contributed by atoms with E-state index in [0.29, 0.717) is 25.9 Å². The number of carbonyl (C=O) groups excluding carboxylic acids is 2. The number of carbonyl (C=O) groups is 2. The van der Waals surface area contributed by atoms with Crippen molar-refractivity contribution in [2.75, 3.05) is 13.2 Å². The quantitative estimate of drug-likeness (QED) is 0.0320. The number of hydrogen-bond donors (Lipinski definition) is 3. The number of aliphatic hydroxyl groups excluding tert-OH is 2. The number of esters is 1. The molecule has 0 radical (unpaired) electrons. The molecule has 2 atom stereocenters. The van der Waals surface area contributed by atoms with E-state index in [0.717, 1.165) is 51.4 Å². The fourth-order valence-corrected chi connectivity index (χ4v) is 12.2. The van der Waals surface area contributed by atoms with E-state index in [1.165, 1.54) is 347 Å². The molecule has 492 valence electrons. The number of rotatable bonds is 72. The first-order valence-electron chi connectivity index (χ1n) is 38.1. The average Bonchev–Trinajstić information content (AvgIpc) is 3.49. The lowest BCUT2D eigenvalue weighted by Crippen LogP contribution is -2.45. The first-order chi connectivity index (χ1) is 41.0. The molecule has 0 fully saturated rings. The molecule has 2 unspecified atom stereocenters.